The third-order valence-corrected chi connectivity index (χ3v) is 3.77. The average Bonchev–Trinajstić information content (AvgIpc) is 3.19. The molecule has 2 N–H and O–H groups in total. The van der Waals surface area contributed by atoms with Gasteiger partial charge < -0.3 is 10.6 Å². The number of nitrogens with two attached hydrogens (primary N) is 1. The van der Waals surface area contributed by atoms with Crippen LogP contribution in [0.25, 0.3) is 0 Å². The van der Waals surface area contributed by atoms with Crippen molar-refractivity contribution in [2.75, 3.05) is 12.3 Å². The summed E-state index contributed by atoms with van der Waals surface area (Å²) in [7, 11) is 0. The largest absolute Gasteiger partial charge is 0.399 e. The minimum atomic E-state index is 0.273. The molecule has 2 aliphatic rings. The minimum absolute atomic E-state index is 0.273. The molecule has 18 heavy (non-hydrogen) atoms. The van der Waals surface area contributed by atoms with Crippen molar-refractivity contribution in [2.45, 2.75) is 38.1 Å². The van der Waals surface area contributed by atoms with Crippen molar-refractivity contribution >= 4 is 11.6 Å². The Morgan fingerprint density at radius 2 is 2.06 bits per heavy atom. The third kappa shape index (κ3) is 2.84. The van der Waals surface area contributed by atoms with E-state index in [-0.39, 0.29) is 5.91 Å². The van der Waals surface area contributed by atoms with Crippen molar-refractivity contribution in [1.82, 2.24) is 4.90 Å². The number of nitrogens with zero attached hydrogens (tertiary/aromatic N) is 1. The molecule has 0 atom stereocenters. The number of amides is 1. The van der Waals surface area contributed by atoms with Crippen molar-refractivity contribution in [3.05, 3.63) is 29.8 Å². The van der Waals surface area contributed by atoms with Gasteiger partial charge in [-0.15, -0.1) is 0 Å². The van der Waals surface area contributed by atoms with E-state index in [1.54, 1.807) is 0 Å². The zero-order valence-electron chi connectivity index (χ0n) is 10.6. The molecule has 1 amide bonds. The molecule has 3 nitrogen and oxygen atoms in total. The fourth-order valence-corrected chi connectivity index (χ4v) is 2.40. The Hall–Kier alpha value is -1.51. The summed E-state index contributed by atoms with van der Waals surface area (Å²) >= 11 is 0. The minimum Gasteiger partial charge on any atom is -0.399 e. The second-order valence-electron chi connectivity index (χ2n) is 5.64. The summed E-state index contributed by atoms with van der Waals surface area (Å²) in [5.74, 6) is 1.05. The van der Waals surface area contributed by atoms with Crippen molar-refractivity contribution in [3.63, 3.8) is 0 Å². The molecule has 0 aliphatic heterocycles. The van der Waals surface area contributed by atoms with Gasteiger partial charge in [0.25, 0.3) is 0 Å². The van der Waals surface area contributed by atoms with E-state index in [0.29, 0.717) is 12.5 Å². The monoisotopic (exact) mass is 244 g/mol. The summed E-state index contributed by atoms with van der Waals surface area (Å²) in [5.41, 5.74) is 7.51. The molecular weight excluding hydrogens is 224 g/mol. The molecule has 1 aromatic carbocycles. The molecule has 0 bridgehead atoms. The molecule has 0 spiro atoms. The first-order valence-electron chi connectivity index (χ1n) is 6.86. The maximum atomic E-state index is 12.4. The topological polar surface area (TPSA) is 46.3 Å². The van der Waals surface area contributed by atoms with Crippen LogP contribution in [0.15, 0.2) is 24.3 Å². The summed E-state index contributed by atoms with van der Waals surface area (Å²) in [6, 6.07) is 8.19. The molecule has 1 aromatic rings. The van der Waals surface area contributed by atoms with Gasteiger partial charge in [0.05, 0.1) is 6.42 Å². The van der Waals surface area contributed by atoms with Gasteiger partial charge in [-0.3, -0.25) is 4.79 Å². The first kappa shape index (κ1) is 11.6. The van der Waals surface area contributed by atoms with Crippen molar-refractivity contribution in [1.29, 1.82) is 0 Å². The van der Waals surface area contributed by atoms with E-state index in [9.17, 15) is 4.79 Å². The predicted molar refractivity (Wildman–Crippen MR) is 72.0 cm³/mol. The molecule has 0 aromatic heterocycles. The van der Waals surface area contributed by atoms with Crippen LogP contribution in [0.4, 0.5) is 5.69 Å². The molecule has 0 saturated heterocycles. The standard InChI is InChI=1S/C15H20N2O/c16-13-3-1-2-12(8-13)9-15(18)17(14-6-7-14)10-11-4-5-11/h1-3,8,11,14H,4-7,9-10,16H2. The molecule has 0 heterocycles. The second-order valence-corrected chi connectivity index (χ2v) is 5.64. The number of carbonyl (C=O) groups is 1. The number of benzene rings is 1. The smallest absolute Gasteiger partial charge is 0.227 e. The number of rotatable bonds is 5. The molecule has 2 aliphatic carbocycles. The van der Waals surface area contributed by atoms with Crippen LogP contribution < -0.4 is 5.73 Å². The van der Waals surface area contributed by atoms with Crippen LogP contribution in [0.2, 0.25) is 0 Å². The molecule has 3 rings (SSSR count). The number of hydrogen-bond donors (Lipinski definition) is 1. The summed E-state index contributed by atoms with van der Waals surface area (Å²) in [6.07, 6.45) is 5.47. The van der Waals surface area contributed by atoms with Crippen molar-refractivity contribution in [2.24, 2.45) is 5.92 Å². The lowest BCUT2D eigenvalue weighted by Crippen LogP contribution is -2.36. The van der Waals surface area contributed by atoms with E-state index >= 15 is 0 Å². The van der Waals surface area contributed by atoms with E-state index in [0.717, 1.165) is 23.7 Å². The molecule has 0 unspecified atom stereocenters. The number of nitrogen functional groups attached to an aromatic ring is 1. The van der Waals surface area contributed by atoms with E-state index in [2.05, 4.69) is 4.90 Å². The first-order chi connectivity index (χ1) is 8.72. The SMILES string of the molecule is Nc1cccc(CC(=O)N(CC2CC2)C2CC2)c1. The van der Waals surface area contributed by atoms with Crippen LogP contribution in [0.1, 0.15) is 31.2 Å². The van der Waals surface area contributed by atoms with Gasteiger partial charge >= 0.3 is 0 Å². The molecule has 2 saturated carbocycles. The van der Waals surface area contributed by atoms with Gasteiger partial charge in [-0.1, -0.05) is 12.1 Å². The van der Waals surface area contributed by atoms with Gasteiger partial charge in [0, 0.05) is 18.3 Å². The summed E-state index contributed by atoms with van der Waals surface area (Å²) in [6.45, 7) is 0.978. The fraction of sp³-hybridized carbons (Fsp3) is 0.533. The lowest BCUT2D eigenvalue weighted by molar-refractivity contribution is -0.131. The average molecular weight is 244 g/mol. The van der Waals surface area contributed by atoms with Gasteiger partial charge in [-0.2, -0.15) is 0 Å². The summed E-state index contributed by atoms with van der Waals surface area (Å²) in [4.78, 5) is 14.5. The van der Waals surface area contributed by atoms with Gasteiger partial charge in [-0.05, 0) is 49.3 Å². The molecule has 0 radical (unpaired) electrons. The van der Waals surface area contributed by atoms with E-state index in [1.807, 2.05) is 24.3 Å². The predicted octanol–water partition coefficient (Wildman–Crippen LogP) is 2.21. The molecular formula is C15H20N2O. The highest BCUT2D eigenvalue weighted by Gasteiger charge is 2.36. The molecule has 96 valence electrons. The van der Waals surface area contributed by atoms with Gasteiger partial charge in [0.15, 0.2) is 0 Å². The molecule has 3 heteroatoms. The first-order valence-corrected chi connectivity index (χ1v) is 6.86. The van der Waals surface area contributed by atoms with Gasteiger partial charge in [0.1, 0.15) is 0 Å². The van der Waals surface area contributed by atoms with Crippen molar-refractivity contribution in [3.8, 4) is 0 Å². The normalized spacial score (nSPS) is 18.7. The Kier molecular flexibility index (Phi) is 2.98. The van der Waals surface area contributed by atoms with E-state index < -0.39 is 0 Å². The van der Waals surface area contributed by atoms with Crippen LogP contribution in [-0.2, 0) is 11.2 Å². The van der Waals surface area contributed by atoms with Gasteiger partial charge in [0.2, 0.25) is 5.91 Å². The maximum Gasteiger partial charge on any atom is 0.227 e. The van der Waals surface area contributed by atoms with Gasteiger partial charge in [-0.25, -0.2) is 0 Å². The maximum absolute atomic E-state index is 12.4. The zero-order valence-corrected chi connectivity index (χ0v) is 10.6. The van der Waals surface area contributed by atoms with Crippen LogP contribution in [0.3, 0.4) is 0 Å². The van der Waals surface area contributed by atoms with E-state index in [4.69, 9.17) is 5.73 Å². The summed E-state index contributed by atoms with van der Waals surface area (Å²) < 4.78 is 0. The number of anilines is 1. The fourth-order valence-electron chi connectivity index (χ4n) is 2.40. The number of carbonyl (C=O) groups excluding carboxylic acids is 1. The Morgan fingerprint density at radius 3 is 2.67 bits per heavy atom. The third-order valence-electron chi connectivity index (χ3n) is 3.77. The Balaban J connectivity index is 1.64. The highest BCUT2D eigenvalue weighted by molar-refractivity contribution is 5.79. The lowest BCUT2D eigenvalue weighted by atomic mass is 10.1. The lowest BCUT2D eigenvalue weighted by Gasteiger charge is -2.22. The molecule has 2 fully saturated rings. The summed E-state index contributed by atoms with van der Waals surface area (Å²) in [5, 5.41) is 0. The van der Waals surface area contributed by atoms with E-state index in [1.165, 1.54) is 25.7 Å². The second kappa shape index (κ2) is 4.63. The highest BCUT2D eigenvalue weighted by atomic mass is 16.2. The van der Waals surface area contributed by atoms with Crippen LogP contribution in [0, 0.1) is 5.92 Å². The Bertz CT molecular complexity index is 450. The van der Waals surface area contributed by atoms with Crippen LogP contribution in [-0.4, -0.2) is 23.4 Å². The highest BCUT2D eigenvalue weighted by Crippen LogP contribution is 2.35. The van der Waals surface area contributed by atoms with Crippen LogP contribution in [0.5, 0.6) is 0 Å². The van der Waals surface area contributed by atoms with Crippen molar-refractivity contribution < 1.29 is 4.79 Å². The quantitative estimate of drug-likeness (QED) is 0.807. The Morgan fingerprint density at radius 1 is 1.28 bits per heavy atom. The van der Waals surface area contributed by atoms with Crippen LogP contribution >= 0.6 is 0 Å². The zero-order chi connectivity index (χ0) is 12.5. The Labute approximate surface area is 108 Å². The number of hydrogen-bond acceptors (Lipinski definition) is 2.